The van der Waals surface area contributed by atoms with Gasteiger partial charge in [-0.1, -0.05) is 13.3 Å². The fourth-order valence-corrected chi connectivity index (χ4v) is 3.21. The highest BCUT2D eigenvalue weighted by Gasteiger charge is 2.27. The van der Waals surface area contributed by atoms with Crippen molar-refractivity contribution < 1.29 is 0 Å². The van der Waals surface area contributed by atoms with Gasteiger partial charge in [-0.3, -0.25) is 0 Å². The van der Waals surface area contributed by atoms with Gasteiger partial charge >= 0.3 is 0 Å². The minimum Gasteiger partial charge on any atom is -0.317 e. The molecule has 0 aromatic carbocycles. The van der Waals surface area contributed by atoms with E-state index in [2.05, 4.69) is 17.6 Å². The van der Waals surface area contributed by atoms with Gasteiger partial charge in [0.05, 0.1) is 0 Å². The highest BCUT2D eigenvalue weighted by atomic mass is 14.9. The molecule has 2 aliphatic rings. The van der Waals surface area contributed by atoms with Crippen molar-refractivity contribution in [3.8, 4) is 0 Å². The Bertz CT molecular complexity index is 173. The zero-order valence-electron chi connectivity index (χ0n) is 10.1. The molecule has 2 N–H and O–H groups in total. The Labute approximate surface area is 94.2 Å². The molecular formula is C13H26N2. The van der Waals surface area contributed by atoms with E-state index in [9.17, 15) is 0 Å². The maximum atomic E-state index is 3.75. The van der Waals surface area contributed by atoms with Gasteiger partial charge in [0, 0.05) is 6.04 Å². The summed E-state index contributed by atoms with van der Waals surface area (Å²) in [6.07, 6.45) is 8.40. The first-order valence-electron chi connectivity index (χ1n) is 6.84. The second kappa shape index (κ2) is 5.86. The van der Waals surface area contributed by atoms with Gasteiger partial charge < -0.3 is 10.6 Å². The van der Waals surface area contributed by atoms with E-state index < -0.39 is 0 Å². The molecule has 2 heteroatoms. The lowest BCUT2D eigenvalue weighted by Crippen LogP contribution is -2.43. The van der Waals surface area contributed by atoms with Crippen molar-refractivity contribution in [1.82, 2.24) is 10.6 Å². The Morgan fingerprint density at radius 1 is 1.07 bits per heavy atom. The first kappa shape index (κ1) is 11.4. The zero-order chi connectivity index (χ0) is 10.5. The van der Waals surface area contributed by atoms with Crippen LogP contribution in [0.1, 0.15) is 45.4 Å². The van der Waals surface area contributed by atoms with Crippen molar-refractivity contribution >= 4 is 0 Å². The largest absolute Gasteiger partial charge is 0.317 e. The quantitative estimate of drug-likeness (QED) is 0.730. The summed E-state index contributed by atoms with van der Waals surface area (Å²) < 4.78 is 0. The van der Waals surface area contributed by atoms with Crippen molar-refractivity contribution in [2.75, 3.05) is 19.6 Å². The summed E-state index contributed by atoms with van der Waals surface area (Å²) in [5, 5.41) is 7.27. The van der Waals surface area contributed by atoms with Crippen LogP contribution in [0.3, 0.4) is 0 Å². The van der Waals surface area contributed by atoms with E-state index in [0.29, 0.717) is 0 Å². The molecule has 88 valence electrons. The summed E-state index contributed by atoms with van der Waals surface area (Å²) >= 11 is 0. The topological polar surface area (TPSA) is 24.1 Å². The molecule has 0 aromatic rings. The number of nitrogens with one attached hydrogen (secondary N) is 2. The molecule has 3 unspecified atom stereocenters. The summed E-state index contributed by atoms with van der Waals surface area (Å²) in [5.74, 6) is 1.93. The molecule has 2 rings (SSSR count). The van der Waals surface area contributed by atoms with Crippen LogP contribution < -0.4 is 10.6 Å². The molecule has 0 amide bonds. The number of rotatable bonds is 2. The van der Waals surface area contributed by atoms with Crippen LogP contribution in [0, 0.1) is 11.8 Å². The fourth-order valence-electron chi connectivity index (χ4n) is 3.21. The third-order valence-electron chi connectivity index (χ3n) is 4.31. The van der Waals surface area contributed by atoms with Crippen LogP contribution in [0.4, 0.5) is 0 Å². The van der Waals surface area contributed by atoms with Crippen molar-refractivity contribution in [2.24, 2.45) is 11.8 Å². The monoisotopic (exact) mass is 210 g/mol. The minimum atomic E-state index is 0.823. The normalized spacial score (nSPS) is 38.6. The molecule has 2 aliphatic heterocycles. The molecule has 0 radical (unpaired) electrons. The van der Waals surface area contributed by atoms with E-state index in [0.717, 1.165) is 17.9 Å². The molecule has 0 aliphatic carbocycles. The molecule has 0 aromatic heterocycles. The van der Waals surface area contributed by atoms with Crippen LogP contribution in [-0.4, -0.2) is 25.7 Å². The van der Waals surface area contributed by atoms with E-state index in [1.54, 1.807) is 0 Å². The van der Waals surface area contributed by atoms with Gasteiger partial charge in [-0.05, 0) is 63.6 Å². The lowest BCUT2D eigenvalue weighted by molar-refractivity contribution is 0.220. The summed E-state index contributed by atoms with van der Waals surface area (Å²) in [6.45, 7) is 6.08. The Kier molecular flexibility index (Phi) is 4.45. The molecule has 0 saturated carbocycles. The van der Waals surface area contributed by atoms with E-state index in [1.165, 1.54) is 58.2 Å². The van der Waals surface area contributed by atoms with E-state index >= 15 is 0 Å². The molecule has 15 heavy (non-hydrogen) atoms. The molecule has 0 spiro atoms. The Morgan fingerprint density at radius 2 is 2.00 bits per heavy atom. The predicted octanol–water partition coefficient (Wildman–Crippen LogP) is 2.15. The second-order valence-corrected chi connectivity index (χ2v) is 5.30. The van der Waals surface area contributed by atoms with Crippen LogP contribution >= 0.6 is 0 Å². The predicted molar refractivity (Wildman–Crippen MR) is 65.0 cm³/mol. The van der Waals surface area contributed by atoms with Gasteiger partial charge in [-0.2, -0.15) is 0 Å². The van der Waals surface area contributed by atoms with E-state index in [1.807, 2.05) is 0 Å². The zero-order valence-corrected chi connectivity index (χ0v) is 10.1. The molecule has 0 bridgehead atoms. The third-order valence-corrected chi connectivity index (χ3v) is 4.31. The Morgan fingerprint density at radius 3 is 2.87 bits per heavy atom. The van der Waals surface area contributed by atoms with Crippen molar-refractivity contribution in [3.05, 3.63) is 0 Å². The first-order chi connectivity index (χ1) is 7.40. The van der Waals surface area contributed by atoms with Gasteiger partial charge in [-0.25, -0.2) is 0 Å². The van der Waals surface area contributed by atoms with Crippen molar-refractivity contribution in [2.45, 2.75) is 51.5 Å². The second-order valence-electron chi connectivity index (χ2n) is 5.30. The summed E-state index contributed by atoms with van der Waals surface area (Å²) in [7, 11) is 0. The van der Waals surface area contributed by atoms with Gasteiger partial charge in [-0.15, -0.1) is 0 Å². The number of hydrogen-bond acceptors (Lipinski definition) is 2. The summed E-state index contributed by atoms with van der Waals surface area (Å²) in [5.41, 5.74) is 0. The van der Waals surface area contributed by atoms with Crippen molar-refractivity contribution in [3.63, 3.8) is 0 Å². The van der Waals surface area contributed by atoms with Gasteiger partial charge in [0.1, 0.15) is 0 Å². The molecule has 2 nitrogen and oxygen atoms in total. The van der Waals surface area contributed by atoms with Crippen LogP contribution in [0.5, 0.6) is 0 Å². The number of hydrogen-bond donors (Lipinski definition) is 2. The minimum absolute atomic E-state index is 0.823. The van der Waals surface area contributed by atoms with Gasteiger partial charge in [0.25, 0.3) is 0 Å². The lowest BCUT2D eigenvalue weighted by atomic mass is 9.81. The Hall–Kier alpha value is -0.0800. The highest BCUT2D eigenvalue weighted by Crippen LogP contribution is 2.28. The molecule has 2 saturated heterocycles. The highest BCUT2D eigenvalue weighted by molar-refractivity contribution is 4.85. The van der Waals surface area contributed by atoms with Crippen LogP contribution in [0.2, 0.25) is 0 Å². The van der Waals surface area contributed by atoms with Crippen LogP contribution in [0.25, 0.3) is 0 Å². The fraction of sp³-hybridized carbons (Fsp3) is 1.00. The SMILES string of the molecule is CCC1CCNC(C2CCCNCC2)C1. The van der Waals surface area contributed by atoms with E-state index in [-0.39, 0.29) is 0 Å². The summed E-state index contributed by atoms with van der Waals surface area (Å²) in [6, 6.07) is 0.823. The van der Waals surface area contributed by atoms with Crippen LogP contribution in [-0.2, 0) is 0 Å². The standard InChI is InChI=1S/C13H26N2/c1-2-11-5-9-15-13(10-11)12-4-3-7-14-8-6-12/h11-15H,2-10H2,1H3. The maximum absolute atomic E-state index is 3.75. The molecule has 3 atom stereocenters. The average molecular weight is 210 g/mol. The first-order valence-corrected chi connectivity index (χ1v) is 6.84. The maximum Gasteiger partial charge on any atom is 0.00984 e. The Balaban J connectivity index is 1.84. The third kappa shape index (κ3) is 3.18. The molecule has 2 fully saturated rings. The van der Waals surface area contributed by atoms with Gasteiger partial charge in [0.2, 0.25) is 0 Å². The van der Waals surface area contributed by atoms with Crippen LogP contribution in [0.15, 0.2) is 0 Å². The average Bonchev–Trinajstić information content (AvgIpc) is 2.58. The molecular weight excluding hydrogens is 184 g/mol. The summed E-state index contributed by atoms with van der Waals surface area (Å²) in [4.78, 5) is 0. The smallest absolute Gasteiger partial charge is 0.00984 e. The lowest BCUT2D eigenvalue weighted by Gasteiger charge is -2.35. The van der Waals surface area contributed by atoms with Crippen molar-refractivity contribution in [1.29, 1.82) is 0 Å². The van der Waals surface area contributed by atoms with E-state index in [4.69, 9.17) is 0 Å². The van der Waals surface area contributed by atoms with Gasteiger partial charge in [0.15, 0.2) is 0 Å². The molecule has 2 heterocycles. The number of piperidine rings is 1.